The zero-order valence-electron chi connectivity index (χ0n) is 11.4. The van der Waals surface area contributed by atoms with Gasteiger partial charge in [0.05, 0.1) is 0 Å². The molecule has 18 heavy (non-hydrogen) atoms. The third-order valence-electron chi connectivity index (χ3n) is 2.87. The minimum Gasteiger partial charge on any atom is -0.303 e. The molecule has 0 aliphatic rings. The van der Waals surface area contributed by atoms with E-state index in [9.17, 15) is 4.79 Å². The van der Waals surface area contributed by atoms with Crippen LogP contribution in [-0.2, 0) is 0 Å². The number of nitrogens with zero attached hydrogens (tertiary/aromatic N) is 1. The minimum atomic E-state index is 0.166. The van der Waals surface area contributed by atoms with Gasteiger partial charge in [0, 0.05) is 30.1 Å². The topological polar surface area (TPSA) is 20.3 Å². The number of Topliss-reactive ketones (excluding diaryl/α,β-unsaturated/α-hetero) is 1. The molecule has 0 radical (unpaired) electrons. The molecule has 2 nitrogen and oxygen atoms in total. The molecule has 1 aromatic carbocycles. The number of carbonyl (C=O) groups is 1. The van der Waals surface area contributed by atoms with E-state index in [2.05, 4.69) is 25.7 Å². The summed E-state index contributed by atoms with van der Waals surface area (Å²) in [7, 11) is 0. The first-order chi connectivity index (χ1) is 8.52. The summed E-state index contributed by atoms with van der Waals surface area (Å²) in [6, 6.07) is 7.17. The van der Waals surface area contributed by atoms with Crippen molar-refractivity contribution in [1.29, 1.82) is 0 Å². The maximum atomic E-state index is 12.0. The second-order valence-corrected chi connectivity index (χ2v) is 5.41. The van der Waals surface area contributed by atoms with Gasteiger partial charge in [-0.25, -0.2) is 0 Å². The standard InChI is InChI=1S/C15H22ClNO/c1-4-17(11-12(2)3)9-8-15(18)13-6-5-7-14(16)10-13/h5-7,10,12H,4,8-9,11H2,1-3H3. The van der Waals surface area contributed by atoms with Crippen LogP contribution in [0, 0.1) is 5.92 Å². The Morgan fingerprint density at radius 1 is 1.39 bits per heavy atom. The lowest BCUT2D eigenvalue weighted by Crippen LogP contribution is -2.29. The smallest absolute Gasteiger partial charge is 0.164 e. The van der Waals surface area contributed by atoms with E-state index in [1.165, 1.54) is 0 Å². The summed E-state index contributed by atoms with van der Waals surface area (Å²) < 4.78 is 0. The van der Waals surface area contributed by atoms with Gasteiger partial charge < -0.3 is 4.90 Å². The molecule has 0 heterocycles. The van der Waals surface area contributed by atoms with E-state index in [1.807, 2.05) is 12.1 Å². The average molecular weight is 268 g/mol. The molecule has 0 saturated heterocycles. The summed E-state index contributed by atoms with van der Waals surface area (Å²) in [5.41, 5.74) is 0.711. The van der Waals surface area contributed by atoms with Crippen molar-refractivity contribution >= 4 is 17.4 Å². The summed E-state index contributed by atoms with van der Waals surface area (Å²) >= 11 is 5.89. The van der Waals surface area contributed by atoms with Gasteiger partial charge >= 0.3 is 0 Å². The molecule has 0 N–H and O–H groups in total. The molecule has 0 aromatic heterocycles. The first-order valence-corrected chi connectivity index (χ1v) is 6.91. The fourth-order valence-electron chi connectivity index (χ4n) is 1.96. The Morgan fingerprint density at radius 2 is 2.11 bits per heavy atom. The monoisotopic (exact) mass is 267 g/mol. The van der Waals surface area contributed by atoms with Crippen LogP contribution in [0.15, 0.2) is 24.3 Å². The van der Waals surface area contributed by atoms with Crippen molar-refractivity contribution in [3.63, 3.8) is 0 Å². The highest BCUT2D eigenvalue weighted by Gasteiger charge is 2.10. The van der Waals surface area contributed by atoms with Crippen LogP contribution in [0.4, 0.5) is 0 Å². The second-order valence-electron chi connectivity index (χ2n) is 4.97. The van der Waals surface area contributed by atoms with Gasteiger partial charge in [0.25, 0.3) is 0 Å². The van der Waals surface area contributed by atoms with E-state index < -0.39 is 0 Å². The van der Waals surface area contributed by atoms with E-state index in [0.29, 0.717) is 22.9 Å². The summed E-state index contributed by atoms with van der Waals surface area (Å²) in [5, 5.41) is 0.621. The third-order valence-corrected chi connectivity index (χ3v) is 3.11. The van der Waals surface area contributed by atoms with Crippen molar-refractivity contribution < 1.29 is 4.79 Å². The zero-order valence-corrected chi connectivity index (χ0v) is 12.2. The highest BCUT2D eigenvalue weighted by molar-refractivity contribution is 6.31. The largest absolute Gasteiger partial charge is 0.303 e. The Balaban J connectivity index is 2.50. The van der Waals surface area contributed by atoms with Crippen LogP contribution in [0.5, 0.6) is 0 Å². The van der Waals surface area contributed by atoms with Crippen molar-refractivity contribution in [3.05, 3.63) is 34.9 Å². The fourth-order valence-corrected chi connectivity index (χ4v) is 2.15. The number of rotatable bonds is 7. The molecule has 0 saturated carbocycles. The summed E-state index contributed by atoms with van der Waals surface area (Å²) in [6.07, 6.45) is 0.556. The van der Waals surface area contributed by atoms with E-state index in [0.717, 1.165) is 19.6 Å². The number of halogens is 1. The molecule has 0 aliphatic heterocycles. The predicted octanol–water partition coefficient (Wildman–Crippen LogP) is 3.89. The van der Waals surface area contributed by atoms with E-state index >= 15 is 0 Å². The zero-order chi connectivity index (χ0) is 13.5. The molecule has 0 amide bonds. The van der Waals surface area contributed by atoms with Gasteiger partial charge in [-0.2, -0.15) is 0 Å². The van der Waals surface area contributed by atoms with Gasteiger partial charge in [-0.15, -0.1) is 0 Å². The molecular formula is C15H22ClNO. The molecule has 1 rings (SSSR count). The lowest BCUT2D eigenvalue weighted by Gasteiger charge is -2.21. The number of hydrogen-bond donors (Lipinski definition) is 0. The predicted molar refractivity (Wildman–Crippen MR) is 77.4 cm³/mol. The van der Waals surface area contributed by atoms with Crippen LogP contribution >= 0.6 is 11.6 Å². The Hall–Kier alpha value is -0.860. The van der Waals surface area contributed by atoms with Crippen LogP contribution in [0.1, 0.15) is 37.6 Å². The first-order valence-electron chi connectivity index (χ1n) is 6.54. The Kier molecular flexibility index (Phi) is 6.37. The summed E-state index contributed by atoms with van der Waals surface area (Å²) in [5.74, 6) is 0.797. The molecule has 0 spiro atoms. The van der Waals surface area contributed by atoms with E-state index in [1.54, 1.807) is 12.1 Å². The van der Waals surface area contributed by atoms with Gasteiger partial charge in [0.2, 0.25) is 0 Å². The molecule has 0 aliphatic carbocycles. The van der Waals surface area contributed by atoms with Gasteiger partial charge in [-0.05, 0) is 24.6 Å². The first kappa shape index (κ1) is 15.2. The number of carbonyl (C=O) groups excluding carboxylic acids is 1. The normalized spacial score (nSPS) is 11.2. The molecule has 0 atom stereocenters. The number of ketones is 1. The van der Waals surface area contributed by atoms with Crippen LogP contribution < -0.4 is 0 Å². The van der Waals surface area contributed by atoms with Crippen LogP contribution in [-0.4, -0.2) is 30.3 Å². The lowest BCUT2D eigenvalue weighted by atomic mass is 10.1. The second kappa shape index (κ2) is 7.55. The molecule has 3 heteroatoms. The number of benzene rings is 1. The molecule has 100 valence electrons. The van der Waals surface area contributed by atoms with Crippen LogP contribution in [0.2, 0.25) is 5.02 Å². The van der Waals surface area contributed by atoms with Crippen molar-refractivity contribution in [2.75, 3.05) is 19.6 Å². The highest BCUT2D eigenvalue weighted by atomic mass is 35.5. The summed E-state index contributed by atoms with van der Waals surface area (Å²) in [4.78, 5) is 14.3. The Morgan fingerprint density at radius 3 is 2.67 bits per heavy atom. The third kappa shape index (κ3) is 5.19. The Labute approximate surface area is 115 Å². The van der Waals surface area contributed by atoms with Crippen molar-refractivity contribution in [2.24, 2.45) is 5.92 Å². The molecular weight excluding hydrogens is 246 g/mol. The summed E-state index contributed by atoms with van der Waals surface area (Å²) in [6.45, 7) is 9.37. The van der Waals surface area contributed by atoms with Crippen molar-refractivity contribution in [3.8, 4) is 0 Å². The van der Waals surface area contributed by atoms with Gasteiger partial charge in [-0.1, -0.05) is 44.5 Å². The maximum absolute atomic E-state index is 12.0. The van der Waals surface area contributed by atoms with Crippen molar-refractivity contribution in [2.45, 2.75) is 27.2 Å². The SMILES string of the molecule is CCN(CCC(=O)c1cccc(Cl)c1)CC(C)C. The minimum absolute atomic E-state index is 0.166. The van der Waals surface area contributed by atoms with Crippen LogP contribution in [0.3, 0.4) is 0 Å². The van der Waals surface area contributed by atoms with E-state index in [4.69, 9.17) is 11.6 Å². The van der Waals surface area contributed by atoms with Crippen LogP contribution in [0.25, 0.3) is 0 Å². The van der Waals surface area contributed by atoms with Gasteiger partial charge in [0.15, 0.2) is 5.78 Å². The van der Waals surface area contributed by atoms with Crippen molar-refractivity contribution in [1.82, 2.24) is 4.90 Å². The van der Waals surface area contributed by atoms with E-state index in [-0.39, 0.29) is 5.78 Å². The van der Waals surface area contributed by atoms with Gasteiger partial charge in [-0.3, -0.25) is 4.79 Å². The molecule has 0 bridgehead atoms. The fraction of sp³-hybridized carbons (Fsp3) is 0.533. The maximum Gasteiger partial charge on any atom is 0.164 e. The lowest BCUT2D eigenvalue weighted by molar-refractivity contribution is 0.0962. The number of hydrogen-bond acceptors (Lipinski definition) is 2. The molecule has 1 aromatic rings. The quantitative estimate of drug-likeness (QED) is 0.699. The highest BCUT2D eigenvalue weighted by Crippen LogP contribution is 2.12. The average Bonchev–Trinajstić information content (AvgIpc) is 2.33. The molecule has 0 unspecified atom stereocenters. The van der Waals surface area contributed by atoms with Gasteiger partial charge in [0.1, 0.15) is 0 Å². The molecule has 0 fully saturated rings. The Bertz CT molecular complexity index is 390.